The van der Waals surface area contributed by atoms with Gasteiger partial charge in [-0.2, -0.15) is 0 Å². The quantitative estimate of drug-likeness (QED) is 0.749. The fourth-order valence-electron chi connectivity index (χ4n) is 3.34. The van der Waals surface area contributed by atoms with Crippen molar-refractivity contribution < 1.29 is 14.7 Å². The lowest BCUT2D eigenvalue weighted by molar-refractivity contribution is -0.120. The Kier molecular flexibility index (Phi) is 5.79. The van der Waals surface area contributed by atoms with Crippen molar-refractivity contribution in [2.45, 2.75) is 13.8 Å². The molecule has 0 bridgehead atoms. The van der Waals surface area contributed by atoms with Crippen molar-refractivity contribution in [1.82, 2.24) is 4.90 Å². The highest BCUT2D eigenvalue weighted by Gasteiger charge is 2.42. The van der Waals surface area contributed by atoms with Gasteiger partial charge in [0.05, 0.1) is 22.9 Å². The van der Waals surface area contributed by atoms with E-state index < -0.39 is 11.8 Å². The van der Waals surface area contributed by atoms with Crippen molar-refractivity contribution in [1.29, 1.82) is 0 Å². The van der Waals surface area contributed by atoms with Gasteiger partial charge in [0, 0.05) is 24.2 Å². The maximum Gasteiger partial charge on any atom is 0.282 e. The summed E-state index contributed by atoms with van der Waals surface area (Å²) >= 11 is 12.3. The molecule has 0 spiro atoms. The van der Waals surface area contributed by atoms with Gasteiger partial charge in [-0.25, -0.2) is 4.90 Å². The Morgan fingerprint density at radius 1 is 1.04 bits per heavy atom. The van der Waals surface area contributed by atoms with E-state index in [0.29, 0.717) is 16.3 Å². The van der Waals surface area contributed by atoms with E-state index in [9.17, 15) is 14.7 Å². The van der Waals surface area contributed by atoms with Gasteiger partial charge in [-0.15, -0.1) is 0 Å². The third kappa shape index (κ3) is 3.53. The first-order valence-electron chi connectivity index (χ1n) is 8.74. The molecule has 2 amide bonds. The van der Waals surface area contributed by atoms with Crippen molar-refractivity contribution in [3.8, 4) is 0 Å². The molecule has 0 aromatic heterocycles. The number of halogens is 2. The number of hydrogen-bond acceptors (Lipinski definition) is 4. The molecular formula is C21H20Cl2N2O3. The van der Waals surface area contributed by atoms with E-state index in [1.165, 1.54) is 6.07 Å². The molecule has 0 fully saturated rings. The number of likely N-dealkylation sites (N-methyl/N-ethyl adjacent to an activating group) is 1. The van der Waals surface area contributed by atoms with Gasteiger partial charge < -0.3 is 10.0 Å². The number of aliphatic hydroxyl groups is 1. The minimum atomic E-state index is -0.457. The zero-order valence-corrected chi connectivity index (χ0v) is 17.3. The van der Waals surface area contributed by atoms with Crippen LogP contribution in [0.3, 0.4) is 0 Å². The number of aliphatic hydroxyl groups excluding tert-OH is 1. The van der Waals surface area contributed by atoms with Crippen LogP contribution in [0, 0.1) is 13.8 Å². The lowest BCUT2D eigenvalue weighted by atomic mass is 10.0. The first-order chi connectivity index (χ1) is 13.3. The minimum Gasteiger partial charge on any atom is -0.395 e. The molecule has 146 valence electrons. The molecule has 0 unspecified atom stereocenters. The molecule has 0 radical (unpaired) electrons. The Labute approximate surface area is 173 Å². The standard InChI is InChI=1S/C21H20Cl2N2O3/c1-12-4-7-17(13(2)10-12)25-20(27)18(15-6-5-14(22)11-16(15)23)19(21(25)28)24(3)8-9-26/h4-7,10-11,26H,8-9H2,1-3H3. The second-order valence-corrected chi connectivity index (χ2v) is 7.57. The maximum absolute atomic E-state index is 13.4. The summed E-state index contributed by atoms with van der Waals surface area (Å²) in [5.74, 6) is -0.908. The van der Waals surface area contributed by atoms with E-state index in [1.54, 1.807) is 30.1 Å². The summed E-state index contributed by atoms with van der Waals surface area (Å²) in [4.78, 5) is 29.4. The monoisotopic (exact) mass is 418 g/mol. The number of imide groups is 1. The summed E-state index contributed by atoms with van der Waals surface area (Å²) in [5, 5.41) is 10.0. The topological polar surface area (TPSA) is 60.9 Å². The van der Waals surface area contributed by atoms with Gasteiger partial charge in [0.1, 0.15) is 5.70 Å². The SMILES string of the molecule is Cc1ccc(N2C(=O)C(c3ccc(Cl)cc3Cl)=C(N(C)CCO)C2=O)c(C)c1. The molecule has 1 aliphatic rings. The second kappa shape index (κ2) is 7.95. The van der Waals surface area contributed by atoms with Crippen molar-refractivity contribution in [3.63, 3.8) is 0 Å². The summed E-state index contributed by atoms with van der Waals surface area (Å²) < 4.78 is 0. The first kappa shape index (κ1) is 20.4. The average molecular weight is 419 g/mol. The highest BCUT2D eigenvalue weighted by Crippen LogP contribution is 2.38. The number of amides is 2. The first-order valence-corrected chi connectivity index (χ1v) is 9.49. The fourth-order valence-corrected chi connectivity index (χ4v) is 3.85. The van der Waals surface area contributed by atoms with Crippen molar-refractivity contribution in [2.24, 2.45) is 0 Å². The highest BCUT2D eigenvalue weighted by molar-refractivity contribution is 6.47. The summed E-state index contributed by atoms with van der Waals surface area (Å²) in [7, 11) is 1.66. The minimum absolute atomic E-state index is 0.160. The number of hydrogen-bond donors (Lipinski definition) is 1. The molecule has 2 aromatic carbocycles. The van der Waals surface area contributed by atoms with Gasteiger partial charge in [0.25, 0.3) is 11.8 Å². The van der Waals surface area contributed by atoms with Gasteiger partial charge in [-0.1, -0.05) is 47.0 Å². The second-order valence-electron chi connectivity index (χ2n) is 6.73. The number of carbonyl (C=O) groups is 2. The van der Waals surface area contributed by atoms with Crippen molar-refractivity contribution in [2.75, 3.05) is 25.1 Å². The van der Waals surface area contributed by atoms with Gasteiger partial charge >= 0.3 is 0 Å². The molecular weight excluding hydrogens is 399 g/mol. The number of carbonyl (C=O) groups excluding carboxylic acids is 2. The molecule has 0 saturated heterocycles. The van der Waals surface area contributed by atoms with Gasteiger partial charge in [-0.3, -0.25) is 9.59 Å². The Balaban J connectivity index is 2.19. The molecule has 28 heavy (non-hydrogen) atoms. The molecule has 0 aliphatic carbocycles. The maximum atomic E-state index is 13.4. The molecule has 1 aliphatic heterocycles. The van der Waals surface area contributed by atoms with E-state index in [2.05, 4.69) is 0 Å². The Hall–Kier alpha value is -2.34. The molecule has 1 N–H and O–H groups in total. The van der Waals surface area contributed by atoms with Gasteiger partial charge in [0.2, 0.25) is 0 Å². The molecule has 1 heterocycles. The molecule has 2 aromatic rings. The molecule has 7 heteroatoms. The number of nitrogens with zero attached hydrogens (tertiary/aromatic N) is 2. The van der Waals surface area contributed by atoms with E-state index in [4.69, 9.17) is 23.2 Å². The molecule has 5 nitrogen and oxygen atoms in total. The van der Waals surface area contributed by atoms with E-state index in [1.807, 2.05) is 26.0 Å². The third-order valence-electron chi connectivity index (χ3n) is 4.67. The van der Waals surface area contributed by atoms with E-state index in [0.717, 1.165) is 16.0 Å². The predicted molar refractivity (Wildman–Crippen MR) is 112 cm³/mol. The van der Waals surface area contributed by atoms with Crippen LogP contribution < -0.4 is 4.90 Å². The number of benzene rings is 2. The smallest absolute Gasteiger partial charge is 0.282 e. The van der Waals surface area contributed by atoms with Crippen LogP contribution in [0.5, 0.6) is 0 Å². The summed E-state index contributed by atoms with van der Waals surface area (Å²) in [5.41, 5.74) is 3.19. The van der Waals surface area contributed by atoms with Crippen LogP contribution in [0.4, 0.5) is 5.69 Å². The van der Waals surface area contributed by atoms with Crippen LogP contribution in [0.25, 0.3) is 5.57 Å². The van der Waals surface area contributed by atoms with E-state index in [-0.39, 0.29) is 29.4 Å². The van der Waals surface area contributed by atoms with Gasteiger partial charge in [0.15, 0.2) is 0 Å². The Morgan fingerprint density at radius 3 is 2.36 bits per heavy atom. The molecule has 0 saturated carbocycles. The number of rotatable bonds is 5. The third-order valence-corrected chi connectivity index (χ3v) is 5.22. The van der Waals surface area contributed by atoms with Gasteiger partial charge in [-0.05, 0) is 37.6 Å². The van der Waals surface area contributed by atoms with Crippen LogP contribution >= 0.6 is 23.2 Å². The summed E-state index contributed by atoms with van der Waals surface area (Å²) in [6.07, 6.45) is 0. The lowest BCUT2D eigenvalue weighted by Crippen LogP contribution is -2.35. The van der Waals surface area contributed by atoms with Crippen LogP contribution in [0.15, 0.2) is 42.1 Å². The van der Waals surface area contributed by atoms with Crippen molar-refractivity contribution in [3.05, 3.63) is 68.8 Å². The molecule has 0 atom stereocenters. The predicted octanol–water partition coefficient (Wildman–Crippen LogP) is 3.82. The Bertz CT molecular complexity index is 1000. The lowest BCUT2D eigenvalue weighted by Gasteiger charge is -2.21. The van der Waals surface area contributed by atoms with Crippen LogP contribution in [-0.2, 0) is 9.59 Å². The van der Waals surface area contributed by atoms with E-state index >= 15 is 0 Å². The number of anilines is 1. The number of aryl methyl sites for hydroxylation is 2. The summed E-state index contributed by atoms with van der Waals surface area (Å²) in [6, 6.07) is 10.3. The summed E-state index contributed by atoms with van der Waals surface area (Å²) in [6.45, 7) is 3.84. The average Bonchev–Trinajstić information content (AvgIpc) is 2.86. The zero-order valence-electron chi connectivity index (χ0n) is 15.8. The Morgan fingerprint density at radius 2 is 1.75 bits per heavy atom. The highest BCUT2D eigenvalue weighted by atomic mass is 35.5. The zero-order chi connectivity index (χ0) is 20.6. The van der Waals surface area contributed by atoms with Crippen LogP contribution in [-0.4, -0.2) is 42.0 Å². The van der Waals surface area contributed by atoms with Crippen LogP contribution in [0.1, 0.15) is 16.7 Å². The van der Waals surface area contributed by atoms with Crippen LogP contribution in [0.2, 0.25) is 10.0 Å². The molecule has 3 rings (SSSR count). The normalized spacial score (nSPS) is 14.3. The largest absolute Gasteiger partial charge is 0.395 e. The fraction of sp³-hybridized carbons (Fsp3) is 0.238. The van der Waals surface area contributed by atoms with Crippen molar-refractivity contribution >= 4 is 46.3 Å².